The molecule has 1 unspecified atom stereocenters. The fourth-order valence-corrected chi connectivity index (χ4v) is 2.56. The molecule has 3 nitrogen and oxygen atoms in total. The molecule has 0 radical (unpaired) electrons. The van der Waals surface area contributed by atoms with E-state index in [2.05, 4.69) is 0 Å². The van der Waals surface area contributed by atoms with Crippen LogP contribution in [0.3, 0.4) is 0 Å². The molecule has 1 atom stereocenters. The van der Waals surface area contributed by atoms with Gasteiger partial charge >= 0.3 is 0 Å². The Balaban J connectivity index is 2.00. The molecular formula is C11H13NO2. The highest BCUT2D eigenvalue weighted by molar-refractivity contribution is 5.77. The average Bonchev–Trinajstić information content (AvgIpc) is 2.66. The normalized spacial score (nSPS) is 25.9. The summed E-state index contributed by atoms with van der Waals surface area (Å²) in [5.74, 6) is 1.33. The van der Waals surface area contributed by atoms with Crippen LogP contribution < -0.4 is 0 Å². The molecule has 14 heavy (non-hydrogen) atoms. The predicted octanol–water partition coefficient (Wildman–Crippen LogP) is 1.89. The number of fused-ring (bicyclic) bond motifs is 3. The molecule has 1 amide bonds. The van der Waals surface area contributed by atoms with Crippen molar-refractivity contribution in [2.24, 2.45) is 0 Å². The second-order valence-corrected chi connectivity index (χ2v) is 4.06. The van der Waals surface area contributed by atoms with Gasteiger partial charge in [-0.1, -0.05) is 0 Å². The van der Waals surface area contributed by atoms with Crippen LogP contribution in [0.1, 0.15) is 36.6 Å². The number of amides is 1. The molecule has 2 aliphatic rings. The standard InChI is InChI=1S/C11H13NO2/c13-10-3-1-2-9-11-8(5-7-14-11)4-6-12(9)10/h5,7,9H,1-4,6H2. The van der Waals surface area contributed by atoms with Gasteiger partial charge in [0.2, 0.25) is 5.91 Å². The number of furan rings is 1. The Bertz CT molecular complexity index is 369. The molecule has 0 bridgehead atoms. The summed E-state index contributed by atoms with van der Waals surface area (Å²) in [6.07, 6.45) is 5.47. The second kappa shape index (κ2) is 2.87. The minimum Gasteiger partial charge on any atom is -0.467 e. The van der Waals surface area contributed by atoms with Crippen LogP contribution in [0.25, 0.3) is 0 Å². The zero-order chi connectivity index (χ0) is 9.54. The minimum atomic E-state index is 0.231. The molecule has 1 fully saturated rings. The van der Waals surface area contributed by atoms with Gasteiger partial charge in [0, 0.05) is 13.0 Å². The van der Waals surface area contributed by atoms with Gasteiger partial charge in [-0.3, -0.25) is 4.79 Å². The lowest BCUT2D eigenvalue weighted by atomic mass is 9.92. The summed E-state index contributed by atoms with van der Waals surface area (Å²) in [4.78, 5) is 13.6. The van der Waals surface area contributed by atoms with Crippen LogP contribution in [0.2, 0.25) is 0 Å². The molecule has 1 aromatic rings. The summed E-state index contributed by atoms with van der Waals surface area (Å²) in [5, 5.41) is 0. The zero-order valence-corrected chi connectivity index (χ0v) is 8.03. The summed E-state index contributed by atoms with van der Waals surface area (Å²) in [7, 11) is 0. The van der Waals surface area contributed by atoms with Crippen molar-refractivity contribution in [3.05, 3.63) is 23.7 Å². The molecule has 74 valence electrons. The van der Waals surface area contributed by atoms with Gasteiger partial charge in [-0.25, -0.2) is 0 Å². The Morgan fingerprint density at radius 1 is 1.43 bits per heavy atom. The molecule has 0 aromatic carbocycles. The molecule has 1 saturated heterocycles. The average molecular weight is 191 g/mol. The quantitative estimate of drug-likeness (QED) is 0.627. The number of carbonyl (C=O) groups is 1. The monoisotopic (exact) mass is 191 g/mol. The van der Waals surface area contributed by atoms with Gasteiger partial charge in [-0.15, -0.1) is 0 Å². The van der Waals surface area contributed by atoms with E-state index in [9.17, 15) is 4.79 Å². The van der Waals surface area contributed by atoms with E-state index in [1.165, 1.54) is 5.56 Å². The van der Waals surface area contributed by atoms with Crippen molar-refractivity contribution in [1.29, 1.82) is 0 Å². The number of rotatable bonds is 0. The molecule has 0 N–H and O–H groups in total. The third kappa shape index (κ3) is 1.01. The second-order valence-electron chi connectivity index (χ2n) is 4.06. The first-order chi connectivity index (χ1) is 6.86. The molecule has 3 heterocycles. The highest BCUT2D eigenvalue weighted by Gasteiger charge is 2.35. The van der Waals surface area contributed by atoms with Crippen molar-refractivity contribution in [2.45, 2.75) is 31.7 Å². The Kier molecular flexibility index (Phi) is 1.66. The summed E-state index contributed by atoms with van der Waals surface area (Å²) in [6, 6.07) is 2.26. The first-order valence-corrected chi connectivity index (χ1v) is 5.22. The van der Waals surface area contributed by atoms with Crippen LogP contribution >= 0.6 is 0 Å². The van der Waals surface area contributed by atoms with E-state index in [1.54, 1.807) is 6.26 Å². The van der Waals surface area contributed by atoms with Crippen molar-refractivity contribution in [2.75, 3.05) is 6.54 Å². The molecule has 3 rings (SSSR count). The maximum Gasteiger partial charge on any atom is 0.223 e. The summed E-state index contributed by atoms with van der Waals surface area (Å²) in [5.41, 5.74) is 1.29. The van der Waals surface area contributed by atoms with Gasteiger partial charge in [-0.05, 0) is 30.9 Å². The SMILES string of the molecule is O=C1CCCC2c3occc3CCN12. The summed E-state index contributed by atoms with van der Waals surface area (Å²) >= 11 is 0. The molecule has 3 heteroatoms. The lowest BCUT2D eigenvalue weighted by Crippen LogP contribution is -2.42. The van der Waals surface area contributed by atoms with Crippen molar-refractivity contribution < 1.29 is 9.21 Å². The first kappa shape index (κ1) is 8.09. The van der Waals surface area contributed by atoms with E-state index in [-0.39, 0.29) is 6.04 Å². The lowest BCUT2D eigenvalue weighted by Gasteiger charge is -2.37. The summed E-state index contributed by atoms with van der Waals surface area (Å²) in [6.45, 7) is 0.871. The van der Waals surface area contributed by atoms with E-state index < -0.39 is 0 Å². The third-order valence-electron chi connectivity index (χ3n) is 3.27. The van der Waals surface area contributed by atoms with Gasteiger partial charge in [0.1, 0.15) is 5.76 Å². The van der Waals surface area contributed by atoms with Crippen LogP contribution in [0.4, 0.5) is 0 Å². The van der Waals surface area contributed by atoms with Gasteiger partial charge < -0.3 is 9.32 Å². The number of nitrogens with zero attached hydrogens (tertiary/aromatic N) is 1. The number of piperidine rings is 1. The molecule has 0 spiro atoms. The maximum atomic E-state index is 11.6. The number of hydrogen-bond acceptors (Lipinski definition) is 2. The minimum absolute atomic E-state index is 0.231. The van der Waals surface area contributed by atoms with Gasteiger partial charge in [0.15, 0.2) is 0 Å². The van der Waals surface area contributed by atoms with E-state index >= 15 is 0 Å². The van der Waals surface area contributed by atoms with E-state index in [4.69, 9.17) is 4.42 Å². The third-order valence-corrected chi connectivity index (χ3v) is 3.27. The fourth-order valence-electron chi connectivity index (χ4n) is 2.56. The predicted molar refractivity (Wildman–Crippen MR) is 50.7 cm³/mol. The van der Waals surface area contributed by atoms with E-state index in [0.717, 1.165) is 31.6 Å². The van der Waals surface area contributed by atoms with Crippen molar-refractivity contribution in [1.82, 2.24) is 4.90 Å². The van der Waals surface area contributed by atoms with Crippen molar-refractivity contribution in [3.63, 3.8) is 0 Å². The first-order valence-electron chi connectivity index (χ1n) is 5.22. The Morgan fingerprint density at radius 2 is 2.36 bits per heavy atom. The van der Waals surface area contributed by atoms with Crippen molar-refractivity contribution >= 4 is 5.91 Å². The van der Waals surface area contributed by atoms with Crippen LogP contribution in [-0.2, 0) is 11.2 Å². The van der Waals surface area contributed by atoms with Gasteiger partial charge in [0.25, 0.3) is 0 Å². The number of carbonyl (C=O) groups excluding carboxylic acids is 1. The number of hydrogen-bond donors (Lipinski definition) is 0. The van der Waals surface area contributed by atoms with Crippen LogP contribution in [0.5, 0.6) is 0 Å². The lowest BCUT2D eigenvalue weighted by molar-refractivity contribution is -0.137. The van der Waals surface area contributed by atoms with Gasteiger partial charge in [0.05, 0.1) is 12.3 Å². The highest BCUT2D eigenvalue weighted by Crippen LogP contribution is 2.37. The van der Waals surface area contributed by atoms with E-state index in [0.29, 0.717) is 12.3 Å². The molecule has 1 aromatic heterocycles. The van der Waals surface area contributed by atoms with Gasteiger partial charge in [-0.2, -0.15) is 0 Å². The zero-order valence-electron chi connectivity index (χ0n) is 8.03. The maximum absolute atomic E-state index is 11.6. The molecular weight excluding hydrogens is 178 g/mol. The summed E-state index contributed by atoms with van der Waals surface area (Å²) < 4.78 is 5.48. The van der Waals surface area contributed by atoms with E-state index in [1.807, 2.05) is 11.0 Å². The molecule has 0 saturated carbocycles. The molecule has 2 aliphatic heterocycles. The Hall–Kier alpha value is -1.25. The van der Waals surface area contributed by atoms with Crippen molar-refractivity contribution in [3.8, 4) is 0 Å². The molecule has 0 aliphatic carbocycles. The van der Waals surface area contributed by atoms with Crippen LogP contribution in [0.15, 0.2) is 16.7 Å². The Labute approximate surface area is 82.7 Å². The topological polar surface area (TPSA) is 33.5 Å². The smallest absolute Gasteiger partial charge is 0.223 e. The largest absolute Gasteiger partial charge is 0.467 e. The Morgan fingerprint density at radius 3 is 3.29 bits per heavy atom. The van der Waals surface area contributed by atoms with Crippen LogP contribution in [0, 0.1) is 0 Å². The highest BCUT2D eigenvalue weighted by atomic mass is 16.3. The fraction of sp³-hybridized carbons (Fsp3) is 0.545. The van der Waals surface area contributed by atoms with Crippen LogP contribution in [-0.4, -0.2) is 17.4 Å².